The number of primary amides is 1. The largest absolute Gasteiger partial charge is 0.494 e. The lowest BCUT2D eigenvalue weighted by Crippen LogP contribution is -2.45. The fourth-order valence-corrected chi connectivity index (χ4v) is 2.27. The number of amides is 3. The summed E-state index contributed by atoms with van der Waals surface area (Å²) in [7, 11) is 0. The summed E-state index contributed by atoms with van der Waals surface area (Å²) in [6, 6.07) is 5.53. The Hall–Kier alpha value is -2.57. The Kier molecular flexibility index (Phi) is 9.19. The van der Waals surface area contributed by atoms with Crippen molar-refractivity contribution in [3.05, 3.63) is 29.8 Å². The fourth-order valence-electron chi connectivity index (χ4n) is 2.27. The molecule has 0 spiro atoms. The van der Waals surface area contributed by atoms with E-state index in [0.717, 1.165) is 12.8 Å². The first-order valence-electron chi connectivity index (χ1n) is 8.89. The summed E-state index contributed by atoms with van der Waals surface area (Å²) in [5, 5.41) is 1.93. The Labute approximate surface area is 154 Å². The highest BCUT2D eigenvalue weighted by molar-refractivity contribution is 5.98. The van der Waals surface area contributed by atoms with E-state index in [1.807, 2.05) is 5.32 Å². The van der Waals surface area contributed by atoms with Gasteiger partial charge in [0, 0.05) is 0 Å². The van der Waals surface area contributed by atoms with Gasteiger partial charge in [0.05, 0.1) is 12.2 Å². The number of ether oxygens (including phenoxy) is 2. The molecule has 26 heavy (non-hydrogen) atoms. The Morgan fingerprint density at radius 2 is 1.73 bits per heavy atom. The average molecular weight is 364 g/mol. The second-order valence-corrected chi connectivity index (χ2v) is 6.36. The normalized spacial score (nSPS) is 11.7. The first kappa shape index (κ1) is 21.5. The van der Waals surface area contributed by atoms with E-state index in [0.29, 0.717) is 17.9 Å². The highest BCUT2D eigenvalue weighted by atomic mass is 16.5. The minimum Gasteiger partial charge on any atom is -0.494 e. The lowest BCUT2D eigenvalue weighted by atomic mass is 10.1. The van der Waals surface area contributed by atoms with Crippen molar-refractivity contribution in [1.82, 2.24) is 5.32 Å². The third-order valence-corrected chi connectivity index (χ3v) is 3.70. The molecule has 3 amide bonds. The van der Waals surface area contributed by atoms with Gasteiger partial charge in [-0.25, -0.2) is 9.59 Å². The number of esters is 1. The number of nitrogens with two attached hydrogens (primary N) is 1. The highest BCUT2D eigenvalue weighted by Crippen LogP contribution is 2.16. The zero-order chi connectivity index (χ0) is 19.5. The second kappa shape index (κ2) is 11.1. The molecule has 0 radical (unpaired) electrons. The molecule has 7 heteroatoms. The van der Waals surface area contributed by atoms with Gasteiger partial charge >= 0.3 is 12.0 Å². The number of rotatable bonds is 10. The van der Waals surface area contributed by atoms with E-state index in [9.17, 15) is 14.4 Å². The van der Waals surface area contributed by atoms with E-state index in [1.54, 1.807) is 38.1 Å². The minimum atomic E-state index is -1.11. The number of carbonyl (C=O) groups excluding carboxylic acids is 3. The number of carbonyl (C=O) groups is 3. The summed E-state index contributed by atoms with van der Waals surface area (Å²) >= 11 is 0. The van der Waals surface area contributed by atoms with Crippen molar-refractivity contribution in [3.8, 4) is 5.75 Å². The van der Waals surface area contributed by atoms with Crippen molar-refractivity contribution >= 4 is 17.9 Å². The van der Waals surface area contributed by atoms with Crippen LogP contribution in [0.25, 0.3) is 0 Å². The molecule has 1 aromatic rings. The third-order valence-electron chi connectivity index (χ3n) is 3.70. The number of hydrogen-bond donors (Lipinski definition) is 2. The van der Waals surface area contributed by atoms with Crippen LogP contribution in [0.2, 0.25) is 0 Å². The maximum Gasteiger partial charge on any atom is 0.338 e. The SMILES string of the molecule is CCCCCCOc1ccc(C(=O)O[C@H](C(=O)NC(N)=O)C(C)C)cc1. The molecular formula is C19H28N2O5. The number of unbranched alkanes of at least 4 members (excludes halogenated alkanes) is 3. The molecule has 0 saturated heterocycles. The molecule has 0 aliphatic heterocycles. The molecule has 0 aliphatic rings. The average Bonchev–Trinajstić information content (AvgIpc) is 2.58. The fraction of sp³-hybridized carbons (Fsp3) is 0.526. The molecular weight excluding hydrogens is 336 g/mol. The van der Waals surface area contributed by atoms with Gasteiger partial charge in [0.2, 0.25) is 0 Å². The summed E-state index contributed by atoms with van der Waals surface area (Å²) < 4.78 is 10.8. The number of hydrogen-bond acceptors (Lipinski definition) is 5. The highest BCUT2D eigenvalue weighted by Gasteiger charge is 2.27. The van der Waals surface area contributed by atoms with Crippen LogP contribution >= 0.6 is 0 Å². The van der Waals surface area contributed by atoms with Gasteiger partial charge in [-0.3, -0.25) is 10.1 Å². The van der Waals surface area contributed by atoms with Crippen molar-refractivity contribution in [1.29, 1.82) is 0 Å². The number of nitrogens with one attached hydrogen (secondary N) is 1. The van der Waals surface area contributed by atoms with Crippen LogP contribution < -0.4 is 15.8 Å². The standard InChI is InChI=1S/C19H28N2O5/c1-4-5-6-7-12-25-15-10-8-14(9-11-15)18(23)26-16(13(2)3)17(22)21-19(20)24/h8-11,13,16H,4-7,12H2,1-3H3,(H3,20,21,22,24)/t16-/m0/s1. The number of imide groups is 1. The second-order valence-electron chi connectivity index (χ2n) is 6.36. The predicted octanol–water partition coefficient (Wildman–Crippen LogP) is 3.02. The molecule has 7 nitrogen and oxygen atoms in total. The monoisotopic (exact) mass is 364 g/mol. The van der Waals surface area contributed by atoms with Crippen LogP contribution in [0.1, 0.15) is 56.8 Å². The summed E-state index contributed by atoms with van der Waals surface area (Å²) in [5.74, 6) is -1.04. The van der Waals surface area contributed by atoms with Gasteiger partial charge < -0.3 is 15.2 Å². The predicted molar refractivity (Wildman–Crippen MR) is 97.8 cm³/mol. The summed E-state index contributed by atoms with van der Waals surface area (Å²) in [6.07, 6.45) is 3.37. The van der Waals surface area contributed by atoms with Crippen molar-refractivity contribution in [2.75, 3.05) is 6.61 Å². The smallest absolute Gasteiger partial charge is 0.338 e. The van der Waals surface area contributed by atoms with Gasteiger partial charge in [-0.15, -0.1) is 0 Å². The summed E-state index contributed by atoms with van der Waals surface area (Å²) in [4.78, 5) is 34.9. The lowest BCUT2D eigenvalue weighted by Gasteiger charge is -2.19. The molecule has 0 aromatic heterocycles. The van der Waals surface area contributed by atoms with Crippen molar-refractivity contribution in [2.24, 2.45) is 11.7 Å². The summed E-state index contributed by atoms with van der Waals surface area (Å²) in [5.41, 5.74) is 5.22. The van der Waals surface area contributed by atoms with Crippen LogP contribution in [-0.2, 0) is 9.53 Å². The molecule has 0 unspecified atom stereocenters. The van der Waals surface area contributed by atoms with Gasteiger partial charge in [-0.1, -0.05) is 40.0 Å². The molecule has 1 atom stereocenters. The Morgan fingerprint density at radius 1 is 1.08 bits per heavy atom. The van der Waals surface area contributed by atoms with Crippen LogP contribution in [0.4, 0.5) is 4.79 Å². The number of urea groups is 1. The van der Waals surface area contributed by atoms with E-state index in [1.165, 1.54) is 12.8 Å². The van der Waals surface area contributed by atoms with Gasteiger partial charge in [-0.2, -0.15) is 0 Å². The molecule has 0 fully saturated rings. The molecule has 1 aromatic carbocycles. The molecule has 144 valence electrons. The molecule has 3 N–H and O–H groups in total. The maximum absolute atomic E-state index is 12.2. The summed E-state index contributed by atoms with van der Waals surface area (Å²) in [6.45, 7) is 6.19. The van der Waals surface area contributed by atoms with Crippen LogP contribution in [0.3, 0.4) is 0 Å². The molecule has 1 rings (SSSR count). The van der Waals surface area contributed by atoms with Crippen LogP contribution in [-0.4, -0.2) is 30.6 Å². The van der Waals surface area contributed by atoms with Crippen LogP contribution in [0.15, 0.2) is 24.3 Å². The lowest BCUT2D eigenvalue weighted by molar-refractivity contribution is -0.130. The topological polar surface area (TPSA) is 108 Å². The first-order valence-corrected chi connectivity index (χ1v) is 8.89. The van der Waals surface area contributed by atoms with Gasteiger partial charge in [-0.05, 0) is 36.6 Å². The first-order chi connectivity index (χ1) is 12.3. The molecule has 0 aliphatic carbocycles. The van der Waals surface area contributed by atoms with Crippen molar-refractivity contribution in [3.63, 3.8) is 0 Å². The number of benzene rings is 1. The Balaban J connectivity index is 2.60. The van der Waals surface area contributed by atoms with Gasteiger partial charge in [0.25, 0.3) is 5.91 Å². The molecule has 0 heterocycles. The van der Waals surface area contributed by atoms with Gasteiger partial charge in [0.1, 0.15) is 5.75 Å². The zero-order valence-electron chi connectivity index (χ0n) is 15.6. The Bertz CT molecular complexity index is 598. The molecule has 0 saturated carbocycles. The van der Waals surface area contributed by atoms with E-state index in [4.69, 9.17) is 15.2 Å². The van der Waals surface area contributed by atoms with E-state index in [-0.39, 0.29) is 5.92 Å². The zero-order valence-corrected chi connectivity index (χ0v) is 15.6. The maximum atomic E-state index is 12.2. The minimum absolute atomic E-state index is 0.292. The van der Waals surface area contributed by atoms with Crippen LogP contribution in [0.5, 0.6) is 5.75 Å². The third kappa shape index (κ3) is 7.55. The van der Waals surface area contributed by atoms with Gasteiger partial charge in [0.15, 0.2) is 6.10 Å². The quantitative estimate of drug-likeness (QED) is 0.490. The van der Waals surface area contributed by atoms with E-state index < -0.39 is 24.0 Å². The van der Waals surface area contributed by atoms with E-state index in [2.05, 4.69) is 6.92 Å². The molecule has 0 bridgehead atoms. The Morgan fingerprint density at radius 3 is 2.27 bits per heavy atom. The van der Waals surface area contributed by atoms with Crippen LogP contribution in [0, 0.1) is 5.92 Å². The van der Waals surface area contributed by atoms with E-state index >= 15 is 0 Å². The van der Waals surface area contributed by atoms with Crippen molar-refractivity contribution in [2.45, 2.75) is 52.6 Å². The van der Waals surface area contributed by atoms with Crippen molar-refractivity contribution < 1.29 is 23.9 Å².